The van der Waals surface area contributed by atoms with E-state index in [0.717, 1.165) is 16.9 Å². The number of hydrogen-bond acceptors (Lipinski definition) is 4. The van der Waals surface area contributed by atoms with Crippen LogP contribution in [-0.2, 0) is 4.74 Å². The third kappa shape index (κ3) is 4.62. The quantitative estimate of drug-likeness (QED) is 0.269. The summed E-state index contributed by atoms with van der Waals surface area (Å²) in [6.45, 7) is 5.81. The minimum absolute atomic E-state index is 0.146. The first-order valence-electron chi connectivity index (χ1n) is 10.3. The molecule has 4 aromatic rings. The van der Waals surface area contributed by atoms with Crippen molar-refractivity contribution in [2.75, 3.05) is 6.61 Å². The number of hydrogen-bond donors (Lipinski definition) is 0. The summed E-state index contributed by atoms with van der Waals surface area (Å²) in [5, 5.41) is 1.31. The van der Waals surface area contributed by atoms with E-state index in [9.17, 15) is 4.79 Å². The Balaban J connectivity index is 2.14. The van der Waals surface area contributed by atoms with Crippen molar-refractivity contribution in [3.8, 4) is 28.5 Å². The zero-order valence-corrected chi connectivity index (χ0v) is 20.5. The van der Waals surface area contributed by atoms with Crippen LogP contribution in [0.4, 0.5) is 0 Å². The Morgan fingerprint density at radius 2 is 1.76 bits per heavy atom. The molecule has 0 atom stereocenters. The minimum atomic E-state index is -0.550. The van der Waals surface area contributed by atoms with Crippen LogP contribution < -0.4 is 0 Å². The molecule has 4 rings (SSSR count). The highest BCUT2D eigenvalue weighted by Gasteiger charge is 2.28. The van der Waals surface area contributed by atoms with Crippen LogP contribution >= 0.6 is 34.8 Å². The summed E-state index contributed by atoms with van der Waals surface area (Å²) >= 11 is 18.9. The fourth-order valence-electron chi connectivity index (χ4n) is 3.57. The number of aryl methyl sites for hydroxylation is 2. The van der Waals surface area contributed by atoms with Crippen molar-refractivity contribution in [1.29, 1.82) is 0 Å². The van der Waals surface area contributed by atoms with Gasteiger partial charge in [-0.1, -0.05) is 53.0 Å². The number of rotatable bonds is 5. The SMILES string of the molecule is CCOC(=O)c1nc(-c2cccc(C)n2)n(-c2cc(Cl)ccc2C)c1-c1ccc(Cl)c(Cl)c1. The molecule has 0 bridgehead atoms. The molecule has 5 nitrogen and oxygen atoms in total. The Morgan fingerprint density at radius 1 is 0.970 bits per heavy atom. The lowest BCUT2D eigenvalue weighted by atomic mass is 10.1. The van der Waals surface area contributed by atoms with Crippen molar-refractivity contribution < 1.29 is 9.53 Å². The average Bonchev–Trinajstić information content (AvgIpc) is 3.18. The Hall–Kier alpha value is -2.86. The van der Waals surface area contributed by atoms with Gasteiger partial charge in [-0.25, -0.2) is 14.8 Å². The highest BCUT2D eigenvalue weighted by molar-refractivity contribution is 6.42. The molecule has 0 fully saturated rings. The lowest BCUT2D eigenvalue weighted by Crippen LogP contribution is -2.08. The van der Waals surface area contributed by atoms with Gasteiger partial charge in [0, 0.05) is 16.3 Å². The van der Waals surface area contributed by atoms with Gasteiger partial charge in [0.25, 0.3) is 0 Å². The lowest BCUT2D eigenvalue weighted by Gasteiger charge is -2.16. The van der Waals surface area contributed by atoms with E-state index in [0.29, 0.717) is 37.8 Å². The second kappa shape index (κ2) is 9.56. The van der Waals surface area contributed by atoms with Gasteiger partial charge < -0.3 is 4.74 Å². The first-order valence-corrected chi connectivity index (χ1v) is 11.4. The summed E-state index contributed by atoms with van der Waals surface area (Å²) in [7, 11) is 0. The number of esters is 1. The van der Waals surface area contributed by atoms with Crippen LogP contribution in [0.2, 0.25) is 15.1 Å². The van der Waals surface area contributed by atoms with E-state index >= 15 is 0 Å². The number of ether oxygens (including phenoxy) is 1. The number of nitrogens with zero attached hydrogens (tertiary/aromatic N) is 3. The summed E-state index contributed by atoms with van der Waals surface area (Å²) < 4.78 is 7.21. The molecule has 168 valence electrons. The topological polar surface area (TPSA) is 57.0 Å². The molecule has 33 heavy (non-hydrogen) atoms. The molecule has 8 heteroatoms. The Labute approximate surface area is 206 Å². The van der Waals surface area contributed by atoms with Crippen LogP contribution in [0, 0.1) is 13.8 Å². The monoisotopic (exact) mass is 499 g/mol. The zero-order chi connectivity index (χ0) is 23.7. The molecular weight excluding hydrogens is 481 g/mol. The van der Waals surface area contributed by atoms with Crippen LogP contribution in [-0.4, -0.2) is 27.1 Å². The molecule has 0 aliphatic rings. The standard InChI is InChI=1S/C25H20Cl3N3O2/c1-4-33-25(32)22-23(16-9-11-18(27)19(28)12-16)31(21-13-17(26)10-8-14(21)2)24(30-22)20-7-5-6-15(3)29-20/h5-13H,4H2,1-3H3. The van der Waals surface area contributed by atoms with Crippen molar-refractivity contribution in [3.05, 3.63) is 86.6 Å². The fourth-order valence-corrected chi connectivity index (χ4v) is 4.03. The van der Waals surface area contributed by atoms with Crippen molar-refractivity contribution in [1.82, 2.24) is 14.5 Å². The van der Waals surface area contributed by atoms with Crippen LogP contribution in [0.15, 0.2) is 54.6 Å². The van der Waals surface area contributed by atoms with Crippen molar-refractivity contribution >= 4 is 40.8 Å². The van der Waals surface area contributed by atoms with Gasteiger partial charge in [-0.05, 0) is 62.7 Å². The maximum Gasteiger partial charge on any atom is 0.359 e. The highest BCUT2D eigenvalue weighted by Crippen LogP contribution is 2.37. The van der Waals surface area contributed by atoms with Gasteiger partial charge in [-0.3, -0.25) is 4.57 Å². The average molecular weight is 501 g/mol. The number of benzene rings is 2. The molecule has 0 aliphatic carbocycles. The number of carbonyl (C=O) groups excluding carboxylic acids is 1. The Morgan fingerprint density at radius 3 is 2.45 bits per heavy atom. The van der Waals surface area contributed by atoms with Crippen LogP contribution in [0.25, 0.3) is 28.5 Å². The predicted octanol–water partition coefficient (Wildman–Crippen LogP) is 7.36. The Bertz CT molecular complexity index is 1370. The van der Waals surface area contributed by atoms with E-state index in [-0.39, 0.29) is 12.3 Å². The summed E-state index contributed by atoms with van der Waals surface area (Å²) in [5.74, 6) is -0.0703. The van der Waals surface area contributed by atoms with Gasteiger partial charge in [-0.2, -0.15) is 0 Å². The van der Waals surface area contributed by atoms with Crippen LogP contribution in [0.5, 0.6) is 0 Å². The molecule has 2 heterocycles. The summed E-state index contributed by atoms with van der Waals surface area (Å²) in [4.78, 5) is 22.4. The first kappa shape index (κ1) is 23.3. The number of pyridine rings is 1. The molecule has 0 aliphatic heterocycles. The molecular formula is C25H20Cl3N3O2. The van der Waals surface area contributed by atoms with Gasteiger partial charge in [0.15, 0.2) is 11.5 Å². The minimum Gasteiger partial charge on any atom is -0.461 e. The maximum absolute atomic E-state index is 13.0. The van der Waals surface area contributed by atoms with E-state index < -0.39 is 5.97 Å². The number of aromatic nitrogens is 3. The van der Waals surface area contributed by atoms with Crippen molar-refractivity contribution in [2.24, 2.45) is 0 Å². The normalized spacial score (nSPS) is 11.0. The largest absolute Gasteiger partial charge is 0.461 e. The van der Waals surface area contributed by atoms with Gasteiger partial charge in [0.2, 0.25) is 0 Å². The Kier molecular flexibility index (Phi) is 6.75. The number of halogens is 3. The zero-order valence-electron chi connectivity index (χ0n) is 18.2. The summed E-state index contributed by atoms with van der Waals surface area (Å²) in [6, 6.07) is 16.4. The van der Waals surface area contributed by atoms with Gasteiger partial charge in [-0.15, -0.1) is 0 Å². The summed E-state index contributed by atoms with van der Waals surface area (Å²) in [6.07, 6.45) is 0. The molecule has 0 unspecified atom stereocenters. The van der Waals surface area contributed by atoms with E-state index in [1.54, 1.807) is 25.1 Å². The molecule has 0 N–H and O–H groups in total. The maximum atomic E-state index is 13.0. The van der Waals surface area contributed by atoms with Crippen LogP contribution in [0.1, 0.15) is 28.7 Å². The predicted molar refractivity (Wildman–Crippen MR) is 133 cm³/mol. The van der Waals surface area contributed by atoms with Gasteiger partial charge >= 0.3 is 5.97 Å². The van der Waals surface area contributed by atoms with E-state index in [2.05, 4.69) is 4.98 Å². The van der Waals surface area contributed by atoms with E-state index in [4.69, 9.17) is 44.5 Å². The molecule has 0 amide bonds. The summed E-state index contributed by atoms with van der Waals surface area (Å²) in [5.41, 5.74) is 4.42. The molecule has 0 saturated heterocycles. The van der Waals surface area contributed by atoms with E-state index in [1.165, 1.54) is 0 Å². The van der Waals surface area contributed by atoms with Crippen molar-refractivity contribution in [3.63, 3.8) is 0 Å². The first-order chi connectivity index (χ1) is 15.8. The number of imidazole rings is 1. The molecule has 0 saturated carbocycles. The van der Waals surface area contributed by atoms with E-state index in [1.807, 2.05) is 54.8 Å². The van der Waals surface area contributed by atoms with Crippen molar-refractivity contribution in [2.45, 2.75) is 20.8 Å². The second-order valence-electron chi connectivity index (χ2n) is 7.41. The highest BCUT2D eigenvalue weighted by atomic mass is 35.5. The van der Waals surface area contributed by atoms with Gasteiger partial charge in [0.1, 0.15) is 5.69 Å². The molecule has 0 spiro atoms. The molecule has 0 radical (unpaired) electrons. The number of carbonyl (C=O) groups is 1. The van der Waals surface area contributed by atoms with Gasteiger partial charge in [0.05, 0.1) is 28.0 Å². The smallest absolute Gasteiger partial charge is 0.359 e. The molecule has 2 aromatic heterocycles. The van der Waals surface area contributed by atoms with Crippen LogP contribution in [0.3, 0.4) is 0 Å². The third-order valence-electron chi connectivity index (χ3n) is 5.07. The fraction of sp³-hybridized carbons (Fsp3) is 0.160. The third-order valence-corrected chi connectivity index (χ3v) is 6.04. The lowest BCUT2D eigenvalue weighted by molar-refractivity contribution is 0.0521. The molecule has 2 aromatic carbocycles. The second-order valence-corrected chi connectivity index (χ2v) is 8.66.